The van der Waals surface area contributed by atoms with Crippen molar-refractivity contribution in [3.8, 4) is 0 Å². The molecular weight excluding hydrogens is 384 g/mol. The molecule has 1 aromatic carbocycles. The fourth-order valence-corrected chi connectivity index (χ4v) is 4.57. The Morgan fingerprint density at radius 1 is 1.23 bits per heavy atom. The Labute approximate surface area is 173 Å². The van der Waals surface area contributed by atoms with Gasteiger partial charge in [0.05, 0.1) is 5.69 Å². The highest BCUT2D eigenvalue weighted by atomic mass is 16.2. The Balaban J connectivity index is 1.31. The van der Waals surface area contributed by atoms with Crippen LogP contribution in [0.2, 0.25) is 0 Å². The van der Waals surface area contributed by atoms with Crippen LogP contribution in [0.3, 0.4) is 0 Å². The summed E-state index contributed by atoms with van der Waals surface area (Å²) in [5, 5.41) is 13.8. The molecule has 3 aliphatic rings. The number of fused-ring (bicyclic) bond motifs is 2. The van der Waals surface area contributed by atoms with Crippen molar-refractivity contribution in [2.24, 2.45) is 7.05 Å². The number of carbonyl (C=O) groups excluding carboxylic acids is 3. The van der Waals surface area contributed by atoms with Gasteiger partial charge in [0.2, 0.25) is 11.8 Å². The molecule has 4 heterocycles. The lowest BCUT2D eigenvalue weighted by Crippen LogP contribution is -2.52. The van der Waals surface area contributed by atoms with Crippen molar-refractivity contribution in [3.63, 3.8) is 0 Å². The summed E-state index contributed by atoms with van der Waals surface area (Å²) in [5.41, 5.74) is 4.95. The molecule has 0 saturated carbocycles. The van der Waals surface area contributed by atoms with Crippen molar-refractivity contribution in [2.45, 2.75) is 44.9 Å². The summed E-state index contributed by atoms with van der Waals surface area (Å²) in [6, 6.07) is 5.21. The van der Waals surface area contributed by atoms with Crippen LogP contribution < -0.4 is 16.0 Å². The van der Waals surface area contributed by atoms with Gasteiger partial charge in [-0.2, -0.15) is 5.10 Å². The number of nitrogens with zero attached hydrogens (tertiary/aromatic N) is 3. The van der Waals surface area contributed by atoms with Crippen molar-refractivity contribution in [1.29, 1.82) is 0 Å². The van der Waals surface area contributed by atoms with Gasteiger partial charge < -0.3 is 15.5 Å². The van der Waals surface area contributed by atoms with Gasteiger partial charge in [-0.15, -0.1) is 0 Å². The number of carbonyl (C=O) groups is 3. The second-order valence-corrected chi connectivity index (χ2v) is 8.07. The minimum Gasteiger partial charge on any atom is -0.366 e. The highest BCUT2D eigenvalue weighted by molar-refractivity contribution is 6.05. The van der Waals surface area contributed by atoms with Crippen LogP contribution in [0, 0.1) is 0 Å². The predicted molar refractivity (Wildman–Crippen MR) is 108 cm³/mol. The lowest BCUT2D eigenvalue weighted by atomic mass is 10.0. The monoisotopic (exact) mass is 408 g/mol. The minimum absolute atomic E-state index is 0.147. The van der Waals surface area contributed by atoms with E-state index in [1.165, 1.54) is 5.56 Å². The van der Waals surface area contributed by atoms with E-state index in [1.807, 2.05) is 29.9 Å². The van der Waals surface area contributed by atoms with Gasteiger partial charge in [0, 0.05) is 57.2 Å². The Morgan fingerprint density at radius 2 is 2.10 bits per heavy atom. The van der Waals surface area contributed by atoms with E-state index in [-0.39, 0.29) is 24.1 Å². The third kappa shape index (κ3) is 3.15. The molecule has 9 nitrogen and oxygen atoms in total. The molecule has 0 spiro atoms. The van der Waals surface area contributed by atoms with Crippen LogP contribution in [0.15, 0.2) is 18.2 Å². The van der Waals surface area contributed by atoms with Gasteiger partial charge in [0.1, 0.15) is 11.9 Å². The smallest absolute Gasteiger partial charge is 0.255 e. The van der Waals surface area contributed by atoms with Crippen molar-refractivity contribution < 1.29 is 14.4 Å². The molecule has 1 aromatic heterocycles. The van der Waals surface area contributed by atoms with E-state index in [2.05, 4.69) is 21.0 Å². The van der Waals surface area contributed by atoms with E-state index < -0.39 is 6.04 Å². The van der Waals surface area contributed by atoms with Crippen molar-refractivity contribution >= 4 is 23.5 Å². The van der Waals surface area contributed by atoms with E-state index in [0.29, 0.717) is 25.1 Å². The average Bonchev–Trinajstić information content (AvgIpc) is 3.22. The first-order valence-electron chi connectivity index (χ1n) is 10.3. The summed E-state index contributed by atoms with van der Waals surface area (Å²) in [6.45, 7) is 2.77. The number of benzene rings is 1. The third-order valence-electron chi connectivity index (χ3n) is 6.12. The normalized spacial score (nSPS) is 20.8. The first-order chi connectivity index (χ1) is 14.5. The molecule has 3 N–H and O–H groups in total. The number of aromatic nitrogens is 2. The second kappa shape index (κ2) is 7.24. The summed E-state index contributed by atoms with van der Waals surface area (Å²) in [4.78, 5) is 38.0. The number of hydrogen-bond donors (Lipinski definition) is 3. The van der Waals surface area contributed by atoms with Gasteiger partial charge >= 0.3 is 0 Å². The van der Waals surface area contributed by atoms with Gasteiger partial charge in [-0.3, -0.25) is 24.4 Å². The maximum Gasteiger partial charge on any atom is 0.255 e. The Morgan fingerprint density at radius 3 is 2.93 bits per heavy atom. The molecule has 0 bridgehead atoms. The predicted octanol–water partition coefficient (Wildman–Crippen LogP) is 0.439. The summed E-state index contributed by atoms with van der Waals surface area (Å²) in [7, 11) is 1.94. The molecule has 1 atom stereocenters. The number of nitrogens with one attached hydrogen (secondary N) is 3. The molecule has 9 heteroatoms. The van der Waals surface area contributed by atoms with E-state index >= 15 is 0 Å². The maximum absolute atomic E-state index is 12.8. The number of amides is 3. The van der Waals surface area contributed by atoms with Crippen LogP contribution in [0.5, 0.6) is 0 Å². The minimum atomic E-state index is -0.586. The fourth-order valence-electron chi connectivity index (χ4n) is 4.57. The van der Waals surface area contributed by atoms with Crippen molar-refractivity contribution in [1.82, 2.24) is 25.3 Å². The van der Waals surface area contributed by atoms with Crippen LogP contribution in [-0.2, 0) is 42.7 Å². The Hall–Kier alpha value is -3.20. The molecular formula is C21H24N6O3. The Kier molecular flexibility index (Phi) is 4.54. The molecule has 1 saturated heterocycles. The summed E-state index contributed by atoms with van der Waals surface area (Å²) in [6.07, 6.45) is 1.57. The topological polar surface area (TPSA) is 108 Å². The van der Waals surface area contributed by atoms with Crippen LogP contribution in [0.1, 0.15) is 45.6 Å². The lowest BCUT2D eigenvalue weighted by Gasteiger charge is -2.29. The quantitative estimate of drug-likeness (QED) is 0.634. The van der Waals surface area contributed by atoms with E-state index in [1.54, 1.807) is 4.90 Å². The summed E-state index contributed by atoms with van der Waals surface area (Å²) >= 11 is 0. The van der Waals surface area contributed by atoms with Gasteiger partial charge in [0.25, 0.3) is 5.91 Å². The largest absolute Gasteiger partial charge is 0.366 e. The van der Waals surface area contributed by atoms with Gasteiger partial charge in [-0.05, 0) is 23.6 Å². The molecule has 30 heavy (non-hydrogen) atoms. The highest BCUT2D eigenvalue weighted by Gasteiger charge is 2.39. The molecule has 3 aliphatic heterocycles. The SMILES string of the molecule is Cn1nc2c(c1NCc1ccc3c(c1)CN(C1CCC(=O)NC1=O)C3=O)CNCC2. The number of anilines is 1. The average molecular weight is 408 g/mol. The van der Waals surface area contributed by atoms with E-state index in [9.17, 15) is 14.4 Å². The molecule has 1 unspecified atom stereocenters. The standard InChI is InChI=1S/C21H24N6O3/c1-26-19(15-10-22-7-6-16(15)25-26)23-9-12-2-3-14-13(8-12)11-27(21(14)30)17-4-5-18(28)24-20(17)29/h2-3,8,17,22-23H,4-7,9-11H2,1H3,(H,24,28,29). The van der Waals surface area contributed by atoms with Crippen LogP contribution >= 0.6 is 0 Å². The zero-order valence-electron chi connectivity index (χ0n) is 16.8. The number of aryl methyl sites for hydroxylation is 1. The Bertz CT molecular complexity index is 1060. The van der Waals surface area contributed by atoms with Crippen molar-refractivity contribution in [2.75, 3.05) is 11.9 Å². The van der Waals surface area contributed by atoms with Gasteiger partial charge in [-0.1, -0.05) is 12.1 Å². The lowest BCUT2D eigenvalue weighted by molar-refractivity contribution is -0.136. The third-order valence-corrected chi connectivity index (χ3v) is 6.12. The molecule has 3 amide bonds. The maximum atomic E-state index is 12.8. The van der Waals surface area contributed by atoms with E-state index in [0.717, 1.165) is 42.1 Å². The number of rotatable bonds is 4. The summed E-state index contributed by atoms with van der Waals surface area (Å²) in [5.74, 6) is 0.204. The fraction of sp³-hybridized carbons (Fsp3) is 0.429. The molecule has 2 aromatic rings. The van der Waals surface area contributed by atoms with Gasteiger partial charge in [0.15, 0.2) is 0 Å². The van der Waals surface area contributed by atoms with Crippen molar-refractivity contribution in [3.05, 3.63) is 46.1 Å². The number of hydrogen-bond acceptors (Lipinski definition) is 6. The van der Waals surface area contributed by atoms with E-state index in [4.69, 9.17) is 0 Å². The second-order valence-electron chi connectivity index (χ2n) is 8.07. The van der Waals surface area contributed by atoms with Crippen LogP contribution in [-0.4, -0.2) is 45.0 Å². The molecule has 5 rings (SSSR count). The first-order valence-corrected chi connectivity index (χ1v) is 10.3. The first kappa shape index (κ1) is 18.8. The van der Waals surface area contributed by atoms with Crippen LogP contribution in [0.25, 0.3) is 0 Å². The number of imide groups is 1. The zero-order chi connectivity index (χ0) is 20.8. The molecule has 0 aliphatic carbocycles. The molecule has 156 valence electrons. The number of piperidine rings is 1. The molecule has 1 fully saturated rings. The molecule has 0 radical (unpaired) electrons. The van der Waals surface area contributed by atoms with Gasteiger partial charge in [-0.25, -0.2) is 0 Å². The zero-order valence-corrected chi connectivity index (χ0v) is 16.8. The highest BCUT2D eigenvalue weighted by Crippen LogP contribution is 2.29. The summed E-state index contributed by atoms with van der Waals surface area (Å²) < 4.78 is 1.89. The van der Waals surface area contributed by atoms with Crippen LogP contribution in [0.4, 0.5) is 5.82 Å².